The van der Waals surface area contributed by atoms with Crippen LogP contribution >= 0.6 is 11.6 Å². The molecule has 1 aliphatic carbocycles. The molecule has 1 fully saturated rings. The van der Waals surface area contributed by atoms with Crippen molar-refractivity contribution in [1.82, 2.24) is 24.8 Å². The van der Waals surface area contributed by atoms with Crippen LogP contribution in [0.1, 0.15) is 69.6 Å². The van der Waals surface area contributed by atoms with E-state index in [9.17, 15) is 4.79 Å². The number of rotatable bonds is 4. The number of aromatic nitrogens is 4. The van der Waals surface area contributed by atoms with Crippen LogP contribution < -0.4 is 4.74 Å². The Morgan fingerprint density at radius 1 is 1.06 bits per heavy atom. The summed E-state index contributed by atoms with van der Waals surface area (Å²) >= 11 is 6.33. The Balaban J connectivity index is 1.36. The summed E-state index contributed by atoms with van der Waals surface area (Å²) in [6.45, 7) is 6.01. The van der Waals surface area contributed by atoms with Crippen LogP contribution in [-0.4, -0.2) is 42.7 Å². The van der Waals surface area contributed by atoms with Crippen molar-refractivity contribution in [3.63, 3.8) is 0 Å². The number of ether oxygens (including phenoxy) is 2. The van der Waals surface area contributed by atoms with Gasteiger partial charge in [0.2, 0.25) is 5.88 Å². The zero-order chi connectivity index (χ0) is 25.3. The van der Waals surface area contributed by atoms with Crippen molar-refractivity contribution in [2.45, 2.75) is 77.2 Å². The lowest BCUT2D eigenvalue weighted by Gasteiger charge is -2.28. The van der Waals surface area contributed by atoms with Crippen molar-refractivity contribution in [2.75, 3.05) is 0 Å². The molecule has 36 heavy (non-hydrogen) atoms. The molecule has 1 aromatic carbocycles. The summed E-state index contributed by atoms with van der Waals surface area (Å²) < 4.78 is 13.5. The Kier molecular flexibility index (Phi) is 6.85. The van der Waals surface area contributed by atoms with E-state index in [1.165, 1.54) is 5.06 Å². The second-order valence-corrected chi connectivity index (χ2v) is 10.6. The predicted octanol–water partition coefficient (Wildman–Crippen LogP) is 5.60. The van der Waals surface area contributed by atoms with Gasteiger partial charge < -0.3 is 14.3 Å². The van der Waals surface area contributed by atoms with Crippen molar-refractivity contribution in [2.24, 2.45) is 0 Å². The van der Waals surface area contributed by atoms with Crippen LogP contribution in [0.25, 0.3) is 5.69 Å². The van der Waals surface area contributed by atoms with Gasteiger partial charge in [0.1, 0.15) is 17.5 Å². The van der Waals surface area contributed by atoms with Gasteiger partial charge in [0, 0.05) is 23.2 Å². The lowest BCUT2D eigenvalue weighted by Crippen LogP contribution is -2.31. The minimum absolute atomic E-state index is 0.131. The number of benzene rings is 1. The molecule has 1 saturated carbocycles. The molecule has 3 heterocycles. The Morgan fingerprint density at radius 3 is 2.58 bits per heavy atom. The molecule has 3 aromatic rings. The van der Waals surface area contributed by atoms with Crippen LogP contribution in [0.2, 0.25) is 5.02 Å². The number of fused-ring (bicyclic) bond motifs is 3. The maximum atomic E-state index is 12.4. The third-order valence-corrected chi connectivity index (χ3v) is 6.49. The molecule has 0 unspecified atom stereocenters. The summed E-state index contributed by atoms with van der Waals surface area (Å²) in [4.78, 5) is 22.2. The fourth-order valence-corrected chi connectivity index (χ4v) is 4.92. The predicted molar refractivity (Wildman–Crippen MR) is 133 cm³/mol. The van der Waals surface area contributed by atoms with E-state index in [0.29, 0.717) is 23.3 Å². The van der Waals surface area contributed by atoms with E-state index in [2.05, 4.69) is 19.7 Å². The van der Waals surface area contributed by atoms with Gasteiger partial charge in [0.05, 0.1) is 18.8 Å². The van der Waals surface area contributed by atoms with Gasteiger partial charge in [-0.2, -0.15) is 0 Å². The number of pyridine rings is 1. The molecular weight excluding hydrogens is 482 g/mol. The highest BCUT2D eigenvalue weighted by atomic mass is 35.5. The van der Waals surface area contributed by atoms with Crippen molar-refractivity contribution in [1.29, 1.82) is 0 Å². The van der Waals surface area contributed by atoms with E-state index in [1.807, 2.05) is 36.4 Å². The van der Waals surface area contributed by atoms with Crippen molar-refractivity contribution >= 4 is 17.8 Å². The Bertz CT molecular complexity index is 1220. The number of hydrogen-bond acceptors (Lipinski definition) is 8. The minimum atomic E-state index is -0.759. The van der Waals surface area contributed by atoms with Crippen molar-refractivity contribution < 1.29 is 19.1 Å². The summed E-state index contributed by atoms with van der Waals surface area (Å²) in [6.07, 6.45) is 4.78. The van der Waals surface area contributed by atoms with Crippen LogP contribution in [-0.2, 0) is 22.7 Å². The standard InChI is InChI=1S/C26H30ClN5O4/c1-26(2,3)35-25(33)36-31-15-18-14-19(27)9-12-21(18)32-22(16-31)29-30-24(32)17-7-10-20(11-8-17)34-23-6-4-5-13-28-23/h4-6,9,12-14,17,20H,7-8,10-11,15-16H2,1-3H3. The molecule has 2 aromatic heterocycles. The smallest absolute Gasteiger partial charge is 0.474 e. The topological polar surface area (TPSA) is 91.6 Å². The quantitative estimate of drug-likeness (QED) is 0.418. The molecule has 9 nitrogen and oxygen atoms in total. The molecule has 0 amide bonds. The highest BCUT2D eigenvalue weighted by molar-refractivity contribution is 6.30. The van der Waals surface area contributed by atoms with Gasteiger partial charge in [-0.1, -0.05) is 17.7 Å². The first kappa shape index (κ1) is 24.5. The first-order chi connectivity index (χ1) is 17.2. The second kappa shape index (κ2) is 10.1. The SMILES string of the molecule is CC(C)(C)OC(=O)ON1Cc2cc(Cl)ccc2-n2c(nnc2C2CCC(Oc3ccccn3)CC2)C1. The molecule has 0 saturated heterocycles. The Morgan fingerprint density at radius 2 is 1.86 bits per heavy atom. The highest BCUT2D eigenvalue weighted by Gasteiger charge is 2.32. The monoisotopic (exact) mass is 511 g/mol. The maximum Gasteiger partial charge on any atom is 0.528 e. The molecule has 0 bridgehead atoms. The van der Waals surface area contributed by atoms with Gasteiger partial charge in [-0.05, 0) is 76.3 Å². The third kappa shape index (κ3) is 5.63. The average Bonchev–Trinajstić information content (AvgIpc) is 3.15. The van der Waals surface area contributed by atoms with Crippen molar-refractivity contribution in [3.8, 4) is 11.6 Å². The molecule has 190 valence electrons. The van der Waals surface area contributed by atoms with E-state index in [4.69, 9.17) is 25.9 Å². The van der Waals surface area contributed by atoms with Gasteiger partial charge in [-0.15, -0.1) is 15.3 Å². The van der Waals surface area contributed by atoms with Gasteiger partial charge >= 0.3 is 6.16 Å². The zero-order valence-corrected chi connectivity index (χ0v) is 21.4. The molecule has 0 atom stereocenters. The van der Waals surface area contributed by atoms with Crippen LogP contribution in [0.3, 0.4) is 0 Å². The van der Waals surface area contributed by atoms with Gasteiger partial charge in [-0.25, -0.2) is 9.78 Å². The van der Waals surface area contributed by atoms with E-state index in [-0.39, 0.29) is 18.6 Å². The maximum absolute atomic E-state index is 12.4. The van der Waals surface area contributed by atoms with Gasteiger partial charge in [0.25, 0.3) is 0 Å². The third-order valence-electron chi connectivity index (χ3n) is 6.26. The van der Waals surface area contributed by atoms with E-state index >= 15 is 0 Å². The van der Waals surface area contributed by atoms with Crippen LogP contribution in [0.5, 0.6) is 5.88 Å². The number of hydroxylamine groups is 2. The number of nitrogens with zero attached hydrogens (tertiary/aromatic N) is 5. The van der Waals surface area contributed by atoms with Gasteiger partial charge in [0.15, 0.2) is 5.82 Å². The number of halogens is 1. The molecular formula is C26H30ClN5O4. The fraction of sp³-hybridized carbons (Fsp3) is 0.462. The largest absolute Gasteiger partial charge is 0.528 e. The van der Waals surface area contributed by atoms with Crippen LogP contribution in [0.4, 0.5) is 4.79 Å². The lowest BCUT2D eigenvalue weighted by atomic mass is 9.86. The normalized spacial score (nSPS) is 20.1. The molecule has 0 N–H and O–H groups in total. The Labute approximate surface area is 215 Å². The number of carbonyl (C=O) groups is 1. The first-order valence-corrected chi connectivity index (χ1v) is 12.6. The summed E-state index contributed by atoms with van der Waals surface area (Å²) in [6, 6.07) is 11.4. The average molecular weight is 512 g/mol. The summed E-state index contributed by atoms with van der Waals surface area (Å²) in [5, 5.41) is 11.2. The van der Waals surface area contributed by atoms with Crippen LogP contribution in [0, 0.1) is 0 Å². The van der Waals surface area contributed by atoms with E-state index < -0.39 is 11.8 Å². The highest BCUT2D eigenvalue weighted by Crippen LogP contribution is 2.37. The van der Waals surface area contributed by atoms with Crippen molar-refractivity contribution in [3.05, 3.63) is 64.8 Å². The molecule has 1 aliphatic heterocycles. The van der Waals surface area contributed by atoms with E-state index in [0.717, 1.165) is 42.8 Å². The van der Waals surface area contributed by atoms with Crippen LogP contribution in [0.15, 0.2) is 42.6 Å². The molecule has 2 aliphatic rings. The first-order valence-electron chi connectivity index (χ1n) is 12.2. The minimum Gasteiger partial charge on any atom is -0.474 e. The van der Waals surface area contributed by atoms with E-state index in [1.54, 1.807) is 27.0 Å². The van der Waals surface area contributed by atoms with Gasteiger partial charge in [-0.3, -0.25) is 4.57 Å². The number of carbonyl (C=O) groups excluding carboxylic acids is 1. The Hall–Kier alpha value is -3.17. The number of hydrogen-bond donors (Lipinski definition) is 0. The molecule has 0 radical (unpaired) electrons. The fourth-order valence-electron chi connectivity index (χ4n) is 4.73. The summed E-state index contributed by atoms with van der Waals surface area (Å²) in [7, 11) is 0. The molecule has 0 spiro atoms. The molecule has 10 heteroatoms. The zero-order valence-electron chi connectivity index (χ0n) is 20.7. The lowest BCUT2D eigenvalue weighted by molar-refractivity contribution is -0.155. The summed E-state index contributed by atoms with van der Waals surface area (Å²) in [5.41, 5.74) is 1.20. The second-order valence-electron chi connectivity index (χ2n) is 10.2. The summed E-state index contributed by atoms with van der Waals surface area (Å²) in [5.74, 6) is 2.50. The molecule has 5 rings (SSSR count).